The zero-order valence-electron chi connectivity index (χ0n) is 91.9. The fraction of sp³-hybridized carbons (Fsp3) is 1.00. The van der Waals surface area contributed by atoms with Crippen molar-refractivity contribution in [3.63, 3.8) is 0 Å². The maximum Gasteiger partial charge on any atom is -0.0533 e. The van der Waals surface area contributed by atoms with Gasteiger partial charge in [-0.25, -0.2) is 0 Å². The van der Waals surface area contributed by atoms with Gasteiger partial charge in [0.2, 0.25) is 0 Å². The van der Waals surface area contributed by atoms with Crippen molar-refractivity contribution < 1.29 is 0 Å². The molecule has 18 fully saturated rings. The zero-order valence-corrected chi connectivity index (χ0v) is 91.9. The molecule has 0 N–H and O–H groups in total. The van der Waals surface area contributed by atoms with Crippen LogP contribution in [0.15, 0.2) is 0 Å². The van der Waals surface area contributed by atoms with Gasteiger partial charge in [-0.2, -0.15) is 0 Å². The first-order valence-electron chi connectivity index (χ1n) is 65.0. The van der Waals surface area contributed by atoms with Crippen LogP contribution in [0.1, 0.15) is 835 Å². The van der Waals surface area contributed by atoms with Crippen molar-refractivity contribution >= 4 is 0 Å². The van der Waals surface area contributed by atoms with Crippen molar-refractivity contribution in [1.29, 1.82) is 0 Å². The molecule has 0 saturated heterocycles. The van der Waals surface area contributed by atoms with Crippen LogP contribution >= 0.6 is 0 Å². The average Bonchev–Trinajstić information content (AvgIpc) is 1.19. The van der Waals surface area contributed by atoms with Crippen LogP contribution in [-0.2, 0) is 0 Å². The molecule has 0 bridgehead atoms. The molecule has 0 heteroatoms. The Labute approximate surface area is 829 Å². The maximum atomic E-state index is 1.50. The SMILES string of the molecule is C1CCC1.C1CCC1.C1CCC1.C1CCC1.C1CCC1.C1CCC1.C1CCC1.C1CCC1.C1CCC1.C1CCC1.C1CCCCCCC1.C1CCCCCCC1.C1CCCCCCC1.C1CCCCCCC1.C1CCCCCCCCC1.C1CCCCCCCCCCCCCCC1.C1CCCCCCCCCCCCCCC1.C1CCCCCCCCCCCCCCC1. The van der Waals surface area contributed by atoms with Crippen LogP contribution in [0.3, 0.4) is 0 Å². The van der Waals surface area contributed by atoms with Gasteiger partial charge in [0.05, 0.1) is 0 Å². The molecule has 0 atom stereocenters. The summed E-state index contributed by atoms with van der Waals surface area (Å²) in [4.78, 5) is 0. The van der Waals surface area contributed by atoms with Gasteiger partial charge in [0.25, 0.3) is 0 Å². The van der Waals surface area contributed by atoms with E-state index in [-0.39, 0.29) is 0 Å². The lowest BCUT2D eigenvalue weighted by atomic mass is 10.0. The van der Waals surface area contributed by atoms with Gasteiger partial charge in [0, 0.05) is 0 Å². The molecule has 18 saturated carbocycles. The molecule has 0 amide bonds. The van der Waals surface area contributed by atoms with Crippen molar-refractivity contribution in [3.05, 3.63) is 0 Å². The smallest absolute Gasteiger partial charge is 0.0533 e. The van der Waals surface area contributed by atoms with Gasteiger partial charge in [0.1, 0.15) is 0 Å². The molecule has 0 aromatic heterocycles. The summed E-state index contributed by atoms with van der Waals surface area (Å²) in [5.41, 5.74) is 0. The van der Waals surface area contributed by atoms with E-state index in [1.54, 1.807) is 0 Å². The molecular weight excluding hydrogens is 1560 g/mol. The highest BCUT2D eigenvalue weighted by Gasteiger charge is 2.07. The molecule has 0 unspecified atom stereocenters. The van der Waals surface area contributed by atoms with E-state index in [9.17, 15) is 0 Å². The molecule has 18 aliphatic carbocycles. The minimum absolute atomic E-state index is 1.50. The molecule has 0 heterocycles. The first-order valence-corrected chi connectivity index (χ1v) is 65.0. The molecule has 0 nitrogen and oxygen atoms in total. The summed E-state index contributed by atoms with van der Waals surface area (Å²) < 4.78 is 0. The highest BCUT2D eigenvalue weighted by Crippen LogP contribution is 2.27. The highest BCUT2D eigenvalue weighted by atomic mass is 14.1. The maximum absolute atomic E-state index is 1.50. The third kappa shape index (κ3) is 122. The molecule has 18 aliphatic rings. The number of hydrogen-bond acceptors (Lipinski definition) is 0. The molecule has 0 radical (unpaired) electrons. The Kier molecular flexibility index (Phi) is 123. The second kappa shape index (κ2) is 125. The van der Waals surface area contributed by atoms with E-state index in [0.29, 0.717) is 0 Å². The van der Waals surface area contributed by atoms with Crippen molar-refractivity contribution in [2.75, 3.05) is 0 Å². The van der Waals surface area contributed by atoms with Crippen LogP contribution in [0.5, 0.6) is 0 Å². The van der Waals surface area contributed by atoms with Crippen LogP contribution in [0.4, 0.5) is 0 Å². The predicted octanol–water partition coefficient (Wildman–Crippen LogP) is 50.7. The molecule has 0 aliphatic heterocycles. The van der Waals surface area contributed by atoms with Gasteiger partial charge < -0.3 is 0 Å². The van der Waals surface area contributed by atoms with Crippen LogP contribution in [0.2, 0.25) is 0 Å². The molecule has 780 valence electrons. The third-order valence-corrected chi connectivity index (χ3v) is 32.5. The lowest BCUT2D eigenvalue weighted by Crippen LogP contribution is -1.85. The Balaban J connectivity index is 0.000000705. The van der Waals surface area contributed by atoms with Crippen LogP contribution in [0, 0.1) is 0 Å². The monoisotopic (exact) mass is 1820 g/mol. The van der Waals surface area contributed by atoms with Gasteiger partial charge in [-0.15, -0.1) is 0 Å². The summed E-state index contributed by atoms with van der Waals surface area (Å²) in [6.45, 7) is 0. The summed E-state index contributed by atoms with van der Waals surface area (Å²) in [5.74, 6) is 0. The van der Waals surface area contributed by atoms with Gasteiger partial charge in [0.15, 0.2) is 0 Å². The van der Waals surface area contributed by atoms with Gasteiger partial charge in [-0.3, -0.25) is 0 Å². The molecule has 0 aromatic carbocycles. The molecular formula is C130H260. The standard InChI is InChI=1S/3C16H32.C10H20.4C8H16.10C4H8/c3*1-2-4-6-8-10-12-14-16-15-13-11-9-7-5-3-1;1-2-4-6-8-10-9-7-5-3-1;4*1-2-4-6-8-7-5-3-1;10*1-2-4-3-1/h3*1-16H2;1-10H2;4*1-8H2;10*1-4H2. The van der Waals surface area contributed by atoms with Gasteiger partial charge >= 0.3 is 0 Å². The highest BCUT2D eigenvalue weighted by molar-refractivity contribution is 4.63. The Morgan fingerprint density at radius 1 is 0.0154 bits per heavy atom. The van der Waals surface area contributed by atoms with Crippen molar-refractivity contribution in [1.82, 2.24) is 0 Å². The fourth-order valence-corrected chi connectivity index (χ4v) is 18.4. The van der Waals surface area contributed by atoms with Gasteiger partial charge in [-0.05, 0) is 0 Å². The number of hydrogen-bond donors (Lipinski definition) is 0. The second-order valence-corrected chi connectivity index (χ2v) is 46.0. The number of rotatable bonds is 0. The summed E-state index contributed by atoms with van der Waals surface area (Å²) >= 11 is 0. The van der Waals surface area contributed by atoms with E-state index in [1.807, 2.05) is 0 Å². The fourth-order valence-electron chi connectivity index (χ4n) is 18.4. The average molecular weight is 1820 g/mol. The third-order valence-electron chi connectivity index (χ3n) is 32.5. The topological polar surface area (TPSA) is 0 Å². The Morgan fingerprint density at radius 2 is 0.0231 bits per heavy atom. The second-order valence-electron chi connectivity index (χ2n) is 46.0. The van der Waals surface area contributed by atoms with E-state index in [2.05, 4.69) is 0 Å². The van der Waals surface area contributed by atoms with Crippen molar-refractivity contribution in [2.24, 2.45) is 0 Å². The minimum Gasteiger partial charge on any atom is -0.0533 e. The lowest BCUT2D eigenvalue weighted by Gasteiger charge is -2.05. The summed E-state index contributed by atoms with van der Waals surface area (Å²) in [6.07, 6.45) is 195. The van der Waals surface area contributed by atoms with E-state index in [1.165, 1.54) is 835 Å². The molecule has 130 heavy (non-hydrogen) atoms. The lowest BCUT2D eigenvalue weighted by molar-refractivity contribution is 0.504. The van der Waals surface area contributed by atoms with Crippen molar-refractivity contribution in [2.45, 2.75) is 835 Å². The van der Waals surface area contributed by atoms with Gasteiger partial charge in [-0.1, -0.05) is 835 Å². The summed E-state index contributed by atoms with van der Waals surface area (Å²) in [7, 11) is 0. The van der Waals surface area contributed by atoms with E-state index in [4.69, 9.17) is 0 Å². The first-order chi connectivity index (χ1) is 65.0. The minimum atomic E-state index is 1.50. The van der Waals surface area contributed by atoms with Crippen LogP contribution in [0.25, 0.3) is 0 Å². The van der Waals surface area contributed by atoms with E-state index < -0.39 is 0 Å². The molecule has 18 rings (SSSR count). The first kappa shape index (κ1) is 128. The molecule has 0 spiro atoms. The Bertz CT molecular complexity index is 1150. The molecule has 0 aromatic rings. The van der Waals surface area contributed by atoms with E-state index in [0.717, 1.165) is 0 Å². The summed E-state index contributed by atoms with van der Waals surface area (Å²) in [5, 5.41) is 0. The van der Waals surface area contributed by atoms with Crippen molar-refractivity contribution in [3.8, 4) is 0 Å². The summed E-state index contributed by atoms with van der Waals surface area (Å²) in [6, 6.07) is 0. The normalized spacial score (nSPS) is 24.0. The zero-order chi connectivity index (χ0) is 91.9. The van der Waals surface area contributed by atoms with Crippen LogP contribution in [-0.4, -0.2) is 0 Å². The van der Waals surface area contributed by atoms with E-state index >= 15 is 0 Å². The quantitative estimate of drug-likeness (QED) is 0.227. The Morgan fingerprint density at radius 3 is 0.0308 bits per heavy atom. The predicted molar refractivity (Wildman–Crippen MR) is 600 cm³/mol. The van der Waals surface area contributed by atoms with Crippen LogP contribution < -0.4 is 0 Å². The largest absolute Gasteiger partial charge is 0.0533 e. The Hall–Kier alpha value is 0.